The first-order chi connectivity index (χ1) is 13.1. The van der Waals surface area contributed by atoms with E-state index in [4.69, 9.17) is 0 Å². The molecule has 0 saturated carbocycles. The average molecular weight is 384 g/mol. The Labute approximate surface area is 168 Å². The Morgan fingerprint density at radius 3 is 1.41 bits per heavy atom. The summed E-state index contributed by atoms with van der Waals surface area (Å²) in [7, 11) is 0. The van der Waals surface area contributed by atoms with Gasteiger partial charge in [0.15, 0.2) is 0 Å². The molecule has 27 heavy (non-hydrogen) atoms. The van der Waals surface area contributed by atoms with Gasteiger partial charge in [0.25, 0.3) is 0 Å². The molecule has 0 aromatic carbocycles. The molecule has 0 unspecified atom stereocenters. The lowest BCUT2D eigenvalue weighted by molar-refractivity contribution is -0.121. The molecule has 0 heterocycles. The molecule has 5 nitrogen and oxygen atoms in total. The summed E-state index contributed by atoms with van der Waals surface area (Å²) in [6.07, 6.45) is 13.1. The van der Waals surface area contributed by atoms with Crippen LogP contribution in [0.3, 0.4) is 0 Å². The molecule has 2 amide bonds. The van der Waals surface area contributed by atoms with Crippen LogP contribution in [0.4, 0.5) is 0 Å². The molecule has 0 atom stereocenters. The van der Waals surface area contributed by atoms with Crippen LogP contribution in [0.2, 0.25) is 0 Å². The molecule has 2 N–H and O–H groups in total. The second-order valence-corrected chi connectivity index (χ2v) is 7.46. The summed E-state index contributed by atoms with van der Waals surface area (Å²) in [5.41, 5.74) is 0. The van der Waals surface area contributed by atoms with Gasteiger partial charge in [-0.05, 0) is 19.4 Å². The van der Waals surface area contributed by atoms with Crippen molar-refractivity contribution in [3.05, 3.63) is 0 Å². The Bertz CT molecular complexity index is 329. The van der Waals surface area contributed by atoms with Gasteiger partial charge in [0.05, 0.1) is 0 Å². The number of nitrogens with zero attached hydrogens (tertiary/aromatic N) is 1. The van der Waals surface area contributed by atoms with Crippen LogP contribution in [-0.2, 0) is 9.59 Å². The van der Waals surface area contributed by atoms with Crippen molar-refractivity contribution in [3.8, 4) is 0 Å². The quantitative estimate of drug-likeness (QED) is 0.328. The monoisotopic (exact) mass is 383 g/mol. The molecule has 5 heteroatoms. The van der Waals surface area contributed by atoms with Crippen molar-refractivity contribution in [2.24, 2.45) is 0 Å². The summed E-state index contributed by atoms with van der Waals surface area (Å²) in [6.45, 7) is 10.5. The number of carbonyl (C=O) groups excluding carboxylic acids is 2. The molecule has 0 spiro atoms. The number of carbonyl (C=O) groups is 2. The number of rotatable bonds is 19. The van der Waals surface area contributed by atoms with Crippen molar-refractivity contribution in [1.82, 2.24) is 15.5 Å². The first-order valence-electron chi connectivity index (χ1n) is 11.4. The lowest BCUT2D eigenvalue weighted by Gasteiger charge is -2.20. The van der Waals surface area contributed by atoms with E-state index in [1.54, 1.807) is 0 Å². The molecular weight excluding hydrogens is 338 g/mol. The van der Waals surface area contributed by atoms with Gasteiger partial charge in [-0.3, -0.25) is 9.59 Å². The van der Waals surface area contributed by atoms with Gasteiger partial charge in [0, 0.05) is 39.0 Å². The van der Waals surface area contributed by atoms with Gasteiger partial charge in [-0.15, -0.1) is 0 Å². The smallest absolute Gasteiger partial charge is 0.220 e. The highest BCUT2D eigenvalue weighted by molar-refractivity contribution is 5.76. The zero-order valence-electron chi connectivity index (χ0n) is 18.3. The summed E-state index contributed by atoms with van der Waals surface area (Å²) < 4.78 is 0. The molecule has 0 aromatic rings. The fourth-order valence-corrected chi connectivity index (χ4v) is 3.09. The van der Waals surface area contributed by atoms with Crippen LogP contribution in [0.25, 0.3) is 0 Å². The van der Waals surface area contributed by atoms with Crippen molar-refractivity contribution in [2.75, 3.05) is 32.7 Å². The number of unbranched alkanes of at least 4 members (excludes halogenated alkanes) is 8. The van der Waals surface area contributed by atoms with Crippen LogP contribution < -0.4 is 10.6 Å². The van der Waals surface area contributed by atoms with Crippen molar-refractivity contribution >= 4 is 11.8 Å². The van der Waals surface area contributed by atoms with E-state index in [1.807, 2.05) is 0 Å². The Morgan fingerprint density at radius 1 is 0.630 bits per heavy atom. The van der Waals surface area contributed by atoms with Crippen molar-refractivity contribution in [3.63, 3.8) is 0 Å². The summed E-state index contributed by atoms with van der Waals surface area (Å²) in [6, 6.07) is 0. The average Bonchev–Trinajstić information content (AvgIpc) is 2.66. The molecule has 0 saturated heterocycles. The van der Waals surface area contributed by atoms with Gasteiger partial charge in [0.2, 0.25) is 11.8 Å². The molecular formula is C22H45N3O2. The van der Waals surface area contributed by atoms with Gasteiger partial charge in [0.1, 0.15) is 0 Å². The highest BCUT2D eigenvalue weighted by atomic mass is 16.2. The van der Waals surface area contributed by atoms with E-state index in [-0.39, 0.29) is 11.8 Å². The van der Waals surface area contributed by atoms with Gasteiger partial charge >= 0.3 is 0 Å². The third-order valence-corrected chi connectivity index (χ3v) is 4.96. The SMILES string of the molecule is CCCCCCCC(=O)NCCN(CC)CCNC(=O)CCCCCCC. The second-order valence-electron chi connectivity index (χ2n) is 7.46. The highest BCUT2D eigenvalue weighted by Crippen LogP contribution is 2.05. The van der Waals surface area contributed by atoms with E-state index in [1.165, 1.54) is 38.5 Å². The van der Waals surface area contributed by atoms with Crippen LogP contribution in [0.1, 0.15) is 97.8 Å². The minimum Gasteiger partial charge on any atom is -0.355 e. The molecule has 0 aliphatic rings. The van der Waals surface area contributed by atoms with E-state index in [2.05, 4.69) is 36.3 Å². The Kier molecular flexibility index (Phi) is 18.9. The lowest BCUT2D eigenvalue weighted by atomic mass is 10.1. The minimum atomic E-state index is 0.166. The maximum absolute atomic E-state index is 11.8. The largest absolute Gasteiger partial charge is 0.355 e. The summed E-state index contributed by atoms with van der Waals surface area (Å²) in [4.78, 5) is 25.9. The van der Waals surface area contributed by atoms with E-state index in [0.717, 1.165) is 45.3 Å². The molecule has 0 aliphatic heterocycles. The van der Waals surface area contributed by atoms with Crippen molar-refractivity contribution in [1.29, 1.82) is 0 Å². The van der Waals surface area contributed by atoms with E-state index in [9.17, 15) is 9.59 Å². The Balaban J connectivity index is 3.62. The lowest BCUT2D eigenvalue weighted by Crippen LogP contribution is -2.39. The zero-order chi connectivity index (χ0) is 20.2. The van der Waals surface area contributed by atoms with Crippen LogP contribution in [0, 0.1) is 0 Å². The molecule has 0 bridgehead atoms. The molecule has 0 rings (SSSR count). The fraction of sp³-hybridized carbons (Fsp3) is 0.909. The normalized spacial score (nSPS) is 11.0. The summed E-state index contributed by atoms with van der Waals surface area (Å²) in [5, 5.41) is 6.03. The Morgan fingerprint density at radius 2 is 1.04 bits per heavy atom. The van der Waals surface area contributed by atoms with E-state index < -0.39 is 0 Å². The van der Waals surface area contributed by atoms with Gasteiger partial charge in [-0.25, -0.2) is 0 Å². The van der Waals surface area contributed by atoms with Gasteiger partial charge in [-0.2, -0.15) is 0 Å². The third-order valence-electron chi connectivity index (χ3n) is 4.96. The standard InChI is InChI=1S/C22H45N3O2/c1-4-7-9-11-13-15-21(26)23-17-19-25(6-3)20-18-24-22(27)16-14-12-10-8-5-2/h4-20H2,1-3H3,(H,23,26)(H,24,27). The molecule has 0 aromatic heterocycles. The van der Waals surface area contributed by atoms with E-state index >= 15 is 0 Å². The third kappa shape index (κ3) is 18.0. The van der Waals surface area contributed by atoms with Crippen LogP contribution in [-0.4, -0.2) is 49.4 Å². The highest BCUT2D eigenvalue weighted by Gasteiger charge is 2.06. The zero-order valence-corrected chi connectivity index (χ0v) is 18.3. The first-order valence-corrected chi connectivity index (χ1v) is 11.4. The number of amides is 2. The first kappa shape index (κ1) is 25.9. The molecule has 0 fully saturated rings. The van der Waals surface area contributed by atoms with E-state index in [0.29, 0.717) is 25.9 Å². The van der Waals surface area contributed by atoms with Gasteiger partial charge in [-0.1, -0.05) is 72.1 Å². The van der Waals surface area contributed by atoms with Crippen molar-refractivity contribution in [2.45, 2.75) is 97.8 Å². The van der Waals surface area contributed by atoms with Crippen LogP contribution in [0.15, 0.2) is 0 Å². The summed E-state index contributed by atoms with van der Waals surface area (Å²) in [5.74, 6) is 0.331. The number of likely N-dealkylation sites (N-methyl/N-ethyl adjacent to an activating group) is 1. The Hall–Kier alpha value is -1.10. The van der Waals surface area contributed by atoms with Crippen molar-refractivity contribution < 1.29 is 9.59 Å². The number of hydrogen-bond donors (Lipinski definition) is 2. The minimum absolute atomic E-state index is 0.166. The number of nitrogens with one attached hydrogen (secondary N) is 2. The van der Waals surface area contributed by atoms with Crippen LogP contribution in [0.5, 0.6) is 0 Å². The molecule has 0 aliphatic carbocycles. The topological polar surface area (TPSA) is 61.4 Å². The van der Waals surface area contributed by atoms with Gasteiger partial charge < -0.3 is 15.5 Å². The number of hydrogen-bond acceptors (Lipinski definition) is 3. The fourth-order valence-electron chi connectivity index (χ4n) is 3.09. The summed E-state index contributed by atoms with van der Waals surface area (Å²) >= 11 is 0. The molecule has 160 valence electrons. The maximum Gasteiger partial charge on any atom is 0.220 e. The van der Waals surface area contributed by atoms with Crippen LogP contribution >= 0.6 is 0 Å². The second kappa shape index (κ2) is 19.7. The predicted molar refractivity (Wildman–Crippen MR) is 115 cm³/mol. The molecule has 0 radical (unpaired) electrons. The maximum atomic E-state index is 11.8. The predicted octanol–water partition coefficient (Wildman–Crippen LogP) is 4.26.